The second-order valence-corrected chi connectivity index (χ2v) is 5.71. The van der Waals surface area contributed by atoms with Gasteiger partial charge < -0.3 is 5.11 Å². The average molecular weight is 252 g/mol. The molecule has 0 fully saturated rings. The van der Waals surface area contributed by atoms with E-state index in [1.165, 1.54) is 6.92 Å². The smallest absolute Gasteiger partial charge is 0.324 e. The fraction of sp³-hybridized carbons (Fsp3) is 0.889. The highest BCUT2D eigenvalue weighted by atomic mass is 32.2. The Hall–Kier alpha value is -0.660. The van der Waals surface area contributed by atoms with Crippen LogP contribution in [0.4, 0.5) is 0 Å². The maximum absolute atomic E-state index is 11.6. The van der Waals surface area contributed by atoms with Gasteiger partial charge in [0.05, 0.1) is 0 Å². The number of carboxylic acid groups (broad SMARTS) is 1. The molecule has 0 aromatic heterocycles. The molecule has 0 spiro atoms. The van der Waals surface area contributed by atoms with E-state index in [2.05, 4.69) is 9.44 Å². The number of rotatable bonds is 7. The molecule has 0 rings (SSSR count). The molecule has 0 aliphatic heterocycles. The largest absolute Gasteiger partial charge is 0.480 e. The van der Waals surface area contributed by atoms with Gasteiger partial charge in [-0.05, 0) is 27.2 Å². The lowest BCUT2D eigenvalue weighted by Crippen LogP contribution is -2.56. The van der Waals surface area contributed by atoms with Crippen molar-refractivity contribution in [2.24, 2.45) is 0 Å². The zero-order chi connectivity index (χ0) is 13.0. The minimum atomic E-state index is -3.79. The van der Waals surface area contributed by atoms with Gasteiger partial charge >= 0.3 is 5.97 Å². The molecule has 0 aromatic carbocycles. The van der Waals surface area contributed by atoms with E-state index in [1.807, 2.05) is 0 Å². The van der Waals surface area contributed by atoms with Crippen molar-refractivity contribution in [3.63, 3.8) is 0 Å². The molecule has 0 bridgehead atoms. The Morgan fingerprint density at radius 2 is 1.94 bits per heavy atom. The molecule has 0 radical (unpaired) electrons. The van der Waals surface area contributed by atoms with E-state index in [0.717, 1.165) is 0 Å². The standard InChI is InChI=1S/C9H20N2O4S/c1-5-6-9(4,8(12)13)11-16(14,15)10-7(2)3/h7,10-11H,5-6H2,1-4H3,(H,12,13). The summed E-state index contributed by atoms with van der Waals surface area (Å²) in [5.74, 6) is -1.18. The molecule has 0 amide bonds. The van der Waals surface area contributed by atoms with Crippen LogP contribution < -0.4 is 9.44 Å². The molecular weight excluding hydrogens is 232 g/mol. The highest BCUT2D eigenvalue weighted by Gasteiger charge is 2.36. The Kier molecular flexibility index (Phi) is 5.37. The summed E-state index contributed by atoms with van der Waals surface area (Å²) in [6, 6.07) is -0.280. The molecule has 0 saturated heterocycles. The van der Waals surface area contributed by atoms with Crippen molar-refractivity contribution in [2.45, 2.75) is 52.1 Å². The summed E-state index contributed by atoms with van der Waals surface area (Å²) in [6.07, 6.45) is 0.814. The minimum Gasteiger partial charge on any atom is -0.480 e. The van der Waals surface area contributed by atoms with E-state index in [0.29, 0.717) is 6.42 Å². The van der Waals surface area contributed by atoms with E-state index < -0.39 is 21.7 Å². The fourth-order valence-corrected chi connectivity index (χ4v) is 2.80. The van der Waals surface area contributed by atoms with Crippen molar-refractivity contribution >= 4 is 16.2 Å². The Bertz CT molecular complexity index is 339. The lowest BCUT2D eigenvalue weighted by Gasteiger charge is -2.26. The van der Waals surface area contributed by atoms with E-state index >= 15 is 0 Å². The number of hydrogen-bond acceptors (Lipinski definition) is 3. The van der Waals surface area contributed by atoms with Crippen LogP contribution in [0.15, 0.2) is 0 Å². The number of nitrogens with one attached hydrogen (secondary N) is 2. The molecule has 6 nitrogen and oxygen atoms in total. The summed E-state index contributed by atoms with van der Waals surface area (Å²) >= 11 is 0. The van der Waals surface area contributed by atoms with Gasteiger partial charge in [0, 0.05) is 6.04 Å². The van der Waals surface area contributed by atoms with E-state index in [4.69, 9.17) is 5.11 Å². The van der Waals surface area contributed by atoms with Crippen molar-refractivity contribution in [3.8, 4) is 0 Å². The summed E-state index contributed by atoms with van der Waals surface area (Å²) < 4.78 is 27.5. The Morgan fingerprint density at radius 3 is 2.25 bits per heavy atom. The van der Waals surface area contributed by atoms with Crippen molar-refractivity contribution in [3.05, 3.63) is 0 Å². The molecule has 0 aliphatic carbocycles. The lowest BCUT2D eigenvalue weighted by molar-refractivity contribution is -0.143. The molecule has 3 N–H and O–H groups in total. The molecule has 0 heterocycles. The van der Waals surface area contributed by atoms with Gasteiger partial charge in [-0.1, -0.05) is 13.3 Å². The number of hydrogen-bond donors (Lipinski definition) is 3. The molecular formula is C9H20N2O4S. The van der Waals surface area contributed by atoms with Gasteiger partial charge in [0.25, 0.3) is 10.2 Å². The zero-order valence-corrected chi connectivity index (χ0v) is 10.9. The average Bonchev–Trinajstić information content (AvgIpc) is 1.99. The summed E-state index contributed by atoms with van der Waals surface area (Å²) in [5, 5.41) is 9.01. The van der Waals surface area contributed by atoms with Crippen LogP contribution in [0.25, 0.3) is 0 Å². The van der Waals surface area contributed by atoms with Crippen molar-refractivity contribution in [1.82, 2.24) is 9.44 Å². The third-order valence-electron chi connectivity index (χ3n) is 1.97. The lowest BCUT2D eigenvalue weighted by atomic mass is 9.98. The van der Waals surface area contributed by atoms with Crippen LogP contribution in [0.1, 0.15) is 40.5 Å². The normalized spacial score (nSPS) is 16.1. The van der Waals surface area contributed by atoms with Crippen molar-refractivity contribution in [1.29, 1.82) is 0 Å². The van der Waals surface area contributed by atoms with E-state index in [9.17, 15) is 13.2 Å². The Labute approximate surface area is 96.6 Å². The van der Waals surface area contributed by atoms with Gasteiger partial charge in [-0.25, -0.2) is 0 Å². The van der Waals surface area contributed by atoms with Gasteiger partial charge in [-0.3, -0.25) is 4.79 Å². The first-order chi connectivity index (χ1) is 7.13. The van der Waals surface area contributed by atoms with Crippen LogP contribution in [0.3, 0.4) is 0 Å². The molecule has 16 heavy (non-hydrogen) atoms. The van der Waals surface area contributed by atoms with Crippen LogP contribution in [0, 0.1) is 0 Å². The highest BCUT2D eigenvalue weighted by molar-refractivity contribution is 7.87. The third kappa shape index (κ3) is 4.91. The van der Waals surface area contributed by atoms with E-state index in [-0.39, 0.29) is 12.5 Å². The van der Waals surface area contributed by atoms with Gasteiger partial charge in [0.1, 0.15) is 5.54 Å². The van der Waals surface area contributed by atoms with Gasteiger partial charge in [-0.2, -0.15) is 17.9 Å². The van der Waals surface area contributed by atoms with Gasteiger partial charge in [0.15, 0.2) is 0 Å². The van der Waals surface area contributed by atoms with Gasteiger partial charge in [0.2, 0.25) is 0 Å². The van der Waals surface area contributed by atoms with Crippen LogP contribution in [0.5, 0.6) is 0 Å². The number of carboxylic acids is 1. The van der Waals surface area contributed by atoms with Crippen LogP contribution in [0.2, 0.25) is 0 Å². The SMILES string of the molecule is CCCC(C)(NS(=O)(=O)NC(C)C)C(=O)O. The molecule has 96 valence electrons. The van der Waals surface area contributed by atoms with E-state index in [1.54, 1.807) is 20.8 Å². The fourth-order valence-electron chi connectivity index (χ4n) is 1.34. The number of carbonyl (C=O) groups is 1. The molecule has 1 unspecified atom stereocenters. The quantitative estimate of drug-likeness (QED) is 0.613. The summed E-state index contributed by atoms with van der Waals surface area (Å²) in [6.45, 7) is 6.48. The monoisotopic (exact) mass is 252 g/mol. The summed E-state index contributed by atoms with van der Waals surface area (Å²) in [7, 11) is -3.79. The van der Waals surface area contributed by atoms with Crippen molar-refractivity contribution in [2.75, 3.05) is 0 Å². The predicted octanol–water partition coefficient (Wildman–Crippen LogP) is 0.462. The summed E-state index contributed by atoms with van der Waals surface area (Å²) in [5.41, 5.74) is -1.46. The molecule has 0 aromatic rings. The molecule has 0 saturated carbocycles. The van der Waals surface area contributed by atoms with Crippen LogP contribution >= 0.6 is 0 Å². The molecule has 0 aliphatic rings. The maximum Gasteiger partial charge on any atom is 0.324 e. The zero-order valence-electron chi connectivity index (χ0n) is 10.1. The van der Waals surface area contributed by atoms with Crippen LogP contribution in [-0.4, -0.2) is 31.1 Å². The first-order valence-electron chi connectivity index (χ1n) is 5.17. The van der Waals surface area contributed by atoms with Gasteiger partial charge in [-0.15, -0.1) is 0 Å². The third-order valence-corrected chi connectivity index (χ3v) is 3.47. The first-order valence-corrected chi connectivity index (χ1v) is 6.66. The van der Waals surface area contributed by atoms with Crippen LogP contribution in [-0.2, 0) is 15.0 Å². The highest BCUT2D eigenvalue weighted by Crippen LogP contribution is 2.13. The first kappa shape index (κ1) is 15.3. The second kappa shape index (κ2) is 5.60. The predicted molar refractivity (Wildman–Crippen MR) is 61.3 cm³/mol. The topological polar surface area (TPSA) is 95.5 Å². The second-order valence-electron chi connectivity index (χ2n) is 4.27. The molecule has 1 atom stereocenters. The van der Waals surface area contributed by atoms with Crippen molar-refractivity contribution < 1.29 is 18.3 Å². The minimum absolute atomic E-state index is 0.237. The Morgan fingerprint density at radius 1 is 1.44 bits per heavy atom. The summed E-state index contributed by atoms with van der Waals surface area (Å²) in [4.78, 5) is 11.0. The molecule has 7 heteroatoms. The Balaban J connectivity index is 4.83. The maximum atomic E-state index is 11.6. The number of aliphatic carboxylic acids is 1.